The second-order valence-electron chi connectivity index (χ2n) is 10.5. The SMILES string of the molecule is O=c1oc2cc3c4ccccc4n(-c4ccc(-c5cccc6c5oc5ccccc56)cc4)c3cc2c2ccccc12. The van der Waals surface area contributed by atoms with E-state index in [0.717, 1.165) is 71.3 Å². The summed E-state index contributed by atoms with van der Waals surface area (Å²) in [6, 6.07) is 43.3. The molecule has 0 bridgehead atoms. The van der Waals surface area contributed by atoms with E-state index in [2.05, 4.69) is 77.4 Å². The molecule has 3 aromatic heterocycles. The van der Waals surface area contributed by atoms with Crippen molar-refractivity contribution in [2.24, 2.45) is 0 Å². The highest BCUT2D eigenvalue weighted by molar-refractivity contribution is 6.16. The van der Waals surface area contributed by atoms with Crippen LogP contribution >= 0.6 is 0 Å². The van der Waals surface area contributed by atoms with Crippen molar-refractivity contribution in [3.8, 4) is 16.8 Å². The molecule has 0 amide bonds. The average molecular weight is 528 g/mol. The van der Waals surface area contributed by atoms with Crippen LogP contribution in [0.5, 0.6) is 0 Å². The van der Waals surface area contributed by atoms with Crippen molar-refractivity contribution in [1.29, 1.82) is 0 Å². The summed E-state index contributed by atoms with van der Waals surface area (Å²) in [6.45, 7) is 0. The third-order valence-electron chi connectivity index (χ3n) is 8.25. The van der Waals surface area contributed by atoms with Crippen molar-refractivity contribution in [2.45, 2.75) is 0 Å². The fourth-order valence-electron chi connectivity index (χ4n) is 6.38. The molecule has 41 heavy (non-hydrogen) atoms. The van der Waals surface area contributed by atoms with Gasteiger partial charge in [-0.1, -0.05) is 84.9 Å². The predicted molar refractivity (Wildman–Crippen MR) is 167 cm³/mol. The first kappa shape index (κ1) is 22.2. The number of fused-ring (bicyclic) bond motifs is 9. The standard InChI is InChI=1S/C37H21NO3/c39-37-29-11-2-1-8-25(29)31-20-33-30(21-35(31)41-37)26-9-3-5-14-32(26)38(33)23-18-16-22(17-19-23)24-12-7-13-28-27-10-4-6-15-34(27)40-36(24)28/h1-21H. The molecular weight excluding hydrogens is 506 g/mol. The molecule has 0 unspecified atom stereocenters. The van der Waals surface area contributed by atoms with E-state index in [9.17, 15) is 4.79 Å². The minimum absolute atomic E-state index is 0.314. The number of nitrogens with zero attached hydrogens (tertiary/aromatic N) is 1. The monoisotopic (exact) mass is 527 g/mol. The lowest BCUT2D eigenvalue weighted by atomic mass is 10.0. The third-order valence-corrected chi connectivity index (χ3v) is 8.25. The molecule has 0 aliphatic rings. The van der Waals surface area contributed by atoms with Gasteiger partial charge < -0.3 is 13.4 Å². The summed E-state index contributed by atoms with van der Waals surface area (Å²) < 4.78 is 14.4. The van der Waals surface area contributed by atoms with Crippen molar-refractivity contribution in [1.82, 2.24) is 4.57 Å². The second-order valence-corrected chi connectivity index (χ2v) is 10.5. The van der Waals surface area contributed by atoms with Gasteiger partial charge in [0.1, 0.15) is 16.7 Å². The Kier molecular flexibility index (Phi) is 4.44. The molecule has 0 atom stereocenters. The fraction of sp³-hybridized carbons (Fsp3) is 0. The van der Waals surface area contributed by atoms with Gasteiger partial charge in [-0.05, 0) is 53.4 Å². The van der Waals surface area contributed by atoms with Crippen LogP contribution in [-0.4, -0.2) is 4.57 Å². The number of para-hydroxylation sites is 3. The van der Waals surface area contributed by atoms with Crippen LogP contribution in [0.4, 0.5) is 0 Å². The van der Waals surface area contributed by atoms with E-state index < -0.39 is 0 Å². The van der Waals surface area contributed by atoms with Crippen LogP contribution in [0.1, 0.15) is 0 Å². The number of hydrogen-bond acceptors (Lipinski definition) is 3. The Morgan fingerprint density at radius 2 is 1.17 bits per heavy atom. The van der Waals surface area contributed by atoms with Gasteiger partial charge in [-0.3, -0.25) is 0 Å². The summed E-state index contributed by atoms with van der Waals surface area (Å²) in [7, 11) is 0. The molecule has 9 aromatic rings. The molecule has 4 heteroatoms. The van der Waals surface area contributed by atoms with Gasteiger partial charge >= 0.3 is 5.63 Å². The summed E-state index contributed by atoms with van der Waals surface area (Å²) in [4.78, 5) is 12.7. The van der Waals surface area contributed by atoms with Crippen LogP contribution in [0.3, 0.4) is 0 Å². The third kappa shape index (κ3) is 3.13. The first-order valence-electron chi connectivity index (χ1n) is 13.6. The molecule has 9 rings (SSSR count). The van der Waals surface area contributed by atoms with Crippen LogP contribution in [0.25, 0.3) is 82.3 Å². The molecule has 0 fully saturated rings. The summed E-state index contributed by atoms with van der Waals surface area (Å²) in [5.74, 6) is 0. The Morgan fingerprint density at radius 1 is 0.463 bits per heavy atom. The van der Waals surface area contributed by atoms with E-state index in [1.54, 1.807) is 0 Å². The molecule has 0 aliphatic carbocycles. The molecule has 0 saturated carbocycles. The molecule has 0 aliphatic heterocycles. The lowest BCUT2D eigenvalue weighted by molar-refractivity contribution is 0.570. The van der Waals surface area contributed by atoms with Gasteiger partial charge in [0, 0.05) is 38.2 Å². The Bertz CT molecular complexity index is 2550. The van der Waals surface area contributed by atoms with E-state index in [4.69, 9.17) is 8.83 Å². The maximum absolute atomic E-state index is 12.7. The van der Waals surface area contributed by atoms with Crippen molar-refractivity contribution in [3.05, 3.63) is 138 Å². The summed E-state index contributed by atoms with van der Waals surface area (Å²) in [6.07, 6.45) is 0. The zero-order chi connectivity index (χ0) is 27.1. The molecule has 6 aromatic carbocycles. The van der Waals surface area contributed by atoms with Crippen molar-refractivity contribution >= 4 is 65.5 Å². The van der Waals surface area contributed by atoms with Gasteiger partial charge in [0.15, 0.2) is 0 Å². The Morgan fingerprint density at radius 3 is 2.02 bits per heavy atom. The van der Waals surface area contributed by atoms with Gasteiger partial charge in [0.25, 0.3) is 0 Å². The van der Waals surface area contributed by atoms with Crippen LogP contribution in [0.2, 0.25) is 0 Å². The maximum Gasteiger partial charge on any atom is 0.344 e. The van der Waals surface area contributed by atoms with Crippen molar-refractivity contribution in [3.63, 3.8) is 0 Å². The summed E-state index contributed by atoms with van der Waals surface area (Å²) in [5.41, 5.74) is 7.45. The molecule has 4 nitrogen and oxygen atoms in total. The van der Waals surface area contributed by atoms with Gasteiger partial charge in [-0.25, -0.2) is 4.79 Å². The van der Waals surface area contributed by atoms with Crippen molar-refractivity contribution < 1.29 is 8.83 Å². The Labute approximate surface area is 233 Å². The molecule has 3 heterocycles. The summed E-state index contributed by atoms with van der Waals surface area (Å²) >= 11 is 0. The number of hydrogen-bond donors (Lipinski definition) is 0. The van der Waals surface area contributed by atoms with E-state index in [1.807, 2.05) is 54.6 Å². The lowest BCUT2D eigenvalue weighted by Gasteiger charge is -2.10. The quantitative estimate of drug-likeness (QED) is 0.166. The van der Waals surface area contributed by atoms with E-state index in [1.165, 1.54) is 0 Å². The number of furan rings is 1. The van der Waals surface area contributed by atoms with Crippen LogP contribution in [0, 0.1) is 0 Å². The van der Waals surface area contributed by atoms with Crippen LogP contribution < -0.4 is 5.63 Å². The first-order chi connectivity index (χ1) is 20.2. The second kappa shape index (κ2) is 8.20. The zero-order valence-electron chi connectivity index (χ0n) is 21.8. The first-order valence-corrected chi connectivity index (χ1v) is 13.6. The largest absolute Gasteiger partial charge is 0.455 e. The topological polar surface area (TPSA) is 48.3 Å². The Hall–Kier alpha value is -5.61. The maximum atomic E-state index is 12.7. The normalized spacial score (nSPS) is 12.0. The highest BCUT2D eigenvalue weighted by atomic mass is 16.4. The molecule has 0 spiro atoms. The van der Waals surface area contributed by atoms with E-state index >= 15 is 0 Å². The molecule has 0 N–H and O–H groups in total. The number of aromatic nitrogens is 1. The molecule has 0 radical (unpaired) electrons. The molecular formula is C37H21NO3. The zero-order valence-corrected chi connectivity index (χ0v) is 21.8. The smallest absolute Gasteiger partial charge is 0.344 e. The molecule has 0 saturated heterocycles. The van der Waals surface area contributed by atoms with Crippen LogP contribution in [-0.2, 0) is 0 Å². The fourth-order valence-corrected chi connectivity index (χ4v) is 6.38. The number of rotatable bonds is 2. The molecule has 192 valence electrons. The van der Waals surface area contributed by atoms with E-state index in [-0.39, 0.29) is 5.63 Å². The minimum Gasteiger partial charge on any atom is -0.455 e. The van der Waals surface area contributed by atoms with E-state index in [0.29, 0.717) is 11.0 Å². The van der Waals surface area contributed by atoms with Crippen LogP contribution in [0.15, 0.2) is 141 Å². The van der Waals surface area contributed by atoms with Crippen molar-refractivity contribution in [2.75, 3.05) is 0 Å². The van der Waals surface area contributed by atoms with Gasteiger partial charge in [0.2, 0.25) is 0 Å². The lowest BCUT2D eigenvalue weighted by Crippen LogP contribution is -1.99. The Balaban J connectivity index is 1.28. The highest BCUT2D eigenvalue weighted by Crippen LogP contribution is 2.38. The average Bonchev–Trinajstić information content (AvgIpc) is 3.56. The number of benzene rings is 6. The van der Waals surface area contributed by atoms with Gasteiger partial charge in [0.05, 0.1) is 16.4 Å². The van der Waals surface area contributed by atoms with Gasteiger partial charge in [-0.15, -0.1) is 0 Å². The minimum atomic E-state index is -0.314. The predicted octanol–water partition coefficient (Wildman–Crippen LogP) is 9.61. The highest BCUT2D eigenvalue weighted by Gasteiger charge is 2.17. The summed E-state index contributed by atoms with van der Waals surface area (Å²) in [5, 5.41) is 6.80. The van der Waals surface area contributed by atoms with Gasteiger partial charge in [-0.2, -0.15) is 0 Å².